The molecule has 0 radical (unpaired) electrons. The minimum Gasteiger partial charge on any atom is -0.377 e. The van der Waals surface area contributed by atoms with Crippen molar-refractivity contribution in [1.82, 2.24) is 19.6 Å². The second-order valence-electron chi connectivity index (χ2n) is 5.07. The second kappa shape index (κ2) is 5.10. The van der Waals surface area contributed by atoms with E-state index >= 15 is 0 Å². The zero-order valence-corrected chi connectivity index (χ0v) is 11.9. The van der Waals surface area contributed by atoms with E-state index in [-0.39, 0.29) is 0 Å². The number of ether oxygens (including phenoxy) is 1. The molecule has 1 fully saturated rings. The van der Waals surface area contributed by atoms with Crippen LogP contribution in [0.25, 0.3) is 16.8 Å². The van der Waals surface area contributed by atoms with Gasteiger partial charge in [-0.2, -0.15) is 0 Å². The molecule has 0 unspecified atom stereocenters. The Kier molecular flexibility index (Phi) is 3.12. The fraction of sp³-hybridized carbons (Fsp3) is 0.429. The summed E-state index contributed by atoms with van der Waals surface area (Å²) >= 11 is 1.74. The zero-order chi connectivity index (χ0) is 13.4. The van der Waals surface area contributed by atoms with Gasteiger partial charge in [-0.3, -0.25) is 4.40 Å². The van der Waals surface area contributed by atoms with Crippen molar-refractivity contribution in [2.75, 3.05) is 12.4 Å². The van der Waals surface area contributed by atoms with Crippen molar-refractivity contribution >= 4 is 28.6 Å². The van der Waals surface area contributed by atoms with Crippen LogP contribution in [0.4, 0.5) is 0 Å². The maximum absolute atomic E-state index is 5.77. The van der Waals surface area contributed by atoms with Gasteiger partial charge in [0.1, 0.15) is 0 Å². The Morgan fingerprint density at radius 1 is 1.35 bits per heavy atom. The van der Waals surface area contributed by atoms with E-state index in [1.807, 2.05) is 18.2 Å². The summed E-state index contributed by atoms with van der Waals surface area (Å²) in [7, 11) is 0. The number of benzene rings is 1. The lowest BCUT2D eigenvalue weighted by atomic mass is 10.1. The van der Waals surface area contributed by atoms with Gasteiger partial charge in [-0.1, -0.05) is 23.9 Å². The first-order valence-electron chi connectivity index (χ1n) is 6.98. The molecule has 0 saturated carbocycles. The number of imidazole rings is 1. The lowest BCUT2D eigenvalue weighted by molar-refractivity contribution is 0.0315. The zero-order valence-electron chi connectivity index (χ0n) is 11.1. The largest absolute Gasteiger partial charge is 0.377 e. The summed E-state index contributed by atoms with van der Waals surface area (Å²) < 4.78 is 7.86. The van der Waals surface area contributed by atoms with Gasteiger partial charge in [0, 0.05) is 12.4 Å². The van der Waals surface area contributed by atoms with Crippen LogP contribution < -0.4 is 0 Å². The molecule has 1 saturated heterocycles. The molecular formula is C14H16N4OS. The molecule has 1 aliphatic heterocycles. The van der Waals surface area contributed by atoms with Crippen molar-refractivity contribution in [1.29, 1.82) is 0 Å². The summed E-state index contributed by atoms with van der Waals surface area (Å²) in [5, 5.41) is 8.34. The number of aromatic amines is 1. The second-order valence-corrected chi connectivity index (χ2v) is 6.05. The van der Waals surface area contributed by atoms with E-state index < -0.39 is 0 Å². The van der Waals surface area contributed by atoms with Gasteiger partial charge in [-0.25, -0.2) is 10.1 Å². The summed E-state index contributed by atoms with van der Waals surface area (Å²) in [5.74, 6) is 1.75. The Balaban J connectivity index is 1.62. The Hall–Kier alpha value is -1.53. The van der Waals surface area contributed by atoms with Gasteiger partial charge in [0.15, 0.2) is 5.16 Å². The van der Waals surface area contributed by atoms with Crippen molar-refractivity contribution in [3.63, 3.8) is 0 Å². The Morgan fingerprint density at radius 2 is 2.30 bits per heavy atom. The summed E-state index contributed by atoms with van der Waals surface area (Å²) in [6.07, 6.45) is 3.98. The van der Waals surface area contributed by atoms with Gasteiger partial charge < -0.3 is 4.74 Å². The number of hydrogen-bond acceptors (Lipinski definition) is 4. The van der Waals surface area contributed by atoms with Crippen molar-refractivity contribution in [2.45, 2.75) is 30.5 Å². The van der Waals surface area contributed by atoms with Crippen LogP contribution in [0.15, 0.2) is 29.4 Å². The minimum absolute atomic E-state index is 0.357. The van der Waals surface area contributed by atoms with E-state index in [2.05, 4.69) is 25.6 Å². The van der Waals surface area contributed by atoms with E-state index in [4.69, 9.17) is 4.74 Å². The molecule has 4 rings (SSSR count). The summed E-state index contributed by atoms with van der Waals surface area (Å²) in [6, 6.07) is 8.13. The van der Waals surface area contributed by atoms with Gasteiger partial charge in [0.25, 0.3) is 0 Å². The molecule has 0 aliphatic carbocycles. The fourth-order valence-corrected chi connectivity index (χ4v) is 3.67. The van der Waals surface area contributed by atoms with Crippen LogP contribution in [0, 0.1) is 0 Å². The van der Waals surface area contributed by atoms with Crippen LogP contribution in [0.5, 0.6) is 0 Å². The van der Waals surface area contributed by atoms with E-state index in [9.17, 15) is 0 Å². The fourth-order valence-electron chi connectivity index (χ4n) is 2.65. The molecule has 0 bridgehead atoms. The molecule has 20 heavy (non-hydrogen) atoms. The highest BCUT2D eigenvalue weighted by Crippen LogP contribution is 2.25. The number of rotatable bonds is 3. The molecule has 0 spiro atoms. The van der Waals surface area contributed by atoms with Crippen LogP contribution in [-0.2, 0) is 4.74 Å². The number of nitrogens with zero attached hydrogens (tertiary/aromatic N) is 3. The number of hydrogen-bond donors (Lipinski definition) is 1. The molecule has 1 atom stereocenters. The molecule has 1 aliphatic rings. The predicted molar refractivity (Wildman–Crippen MR) is 79.2 cm³/mol. The van der Waals surface area contributed by atoms with Crippen molar-refractivity contribution in [3.05, 3.63) is 24.3 Å². The Labute approximate surface area is 120 Å². The van der Waals surface area contributed by atoms with Crippen LogP contribution in [0.3, 0.4) is 0 Å². The highest BCUT2D eigenvalue weighted by molar-refractivity contribution is 7.99. The Morgan fingerprint density at radius 3 is 3.20 bits per heavy atom. The monoisotopic (exact) mass is 288 g/mol. The normalized spacial score (nSPS) is 19.9. The highest BCUT2D eigenvalue weighted by atomic mass is 32.2. The summed E-state index contributed by atoms with van der Waals surface area (Å²) in [4.78, 5) is 4.53. The molecule has 3 heterocycles. The van der Waals surface area contributed by atoms with E-state index in [1.165, 1.54) is 12.8 Å². The van der Waals surface area contributed by atoms with Crippen molar-refractivity contribution in [3.8, 4) is 0 Å². The van der Waals surface area contributed by atoms with E-state index in [0.29, 0.717) is 6.10 Å². The first-order valence-corrected chi connectivity index (χ1v) is 7.96. The molecule has 104 valence electrons. The van der Waals surface area contributed by atoms with Gasteiger partial charge in [0.2, 0.25) is 5.78 Å². The molecule has 5 nitrogen and oxygen atoms in total. The highest BCUT2D eigenvalue weighted by Gasteiger charge is 2.17. The lowest BCUT2D eigenvalue weighted by Crippen LogP contribution is -2.21. The van der Waals surface area contributed by atoms with E-state index in [0.717, 1.165) is 40.7 Å². The third kappa shape index (κ3) is 2.09. The van der Waals surface area contributed by atoms with Crippen molar-refractivity contribution < 1.29 is 4.74 Å². The quantitative estimate of drug-likeness (QED) is 0.753. The van der Waals surface area contributed by atoms with Gasteiger partial charge >= 0.3 is 0 Å². The molecule has 6 heteroatoms. The average molecular weight is 288 g/mol. The first-order chi connectivity index (χ1) is 9.92. The SMILES string of the molecule is c1ccc2c(c1)nc1[nH]nc(SC[C@H]3CCCCO3)n12. The molecule has 2 aromatic heterocycles. The maximum atomic E-state index is 5.77. The van der Waals surface area contributed by atoms with Crippen molar-refractivity contribution in [2.24, 2.45) is 0 Å². The number of fused-ring (bicyclic) bond motifs is 3. The molecule has 1 aromatic carbocycles. The van der Waals surface area contributed by atoms with Crippen LogP contribution in [0.2, 0.25) is 0 Å². The number of nitrogens with one attached hydrogen (secondary N) is 1. The summed E-state index contributed by atoms with van der Waals surface area (Å²) in [5.41, 5.74) is 2.10. The number of para-hydroxylation sites is 2. The van der Waals surface area contributed by atoms with Gasteiger partial charge in [-0.15, -0.1) is 5.10 Å². The van der Waals surface area contributed by atoms with Crippen LogP contribution in [0.1, 0.15) is 19.3 Å². The van der Waals surface area contributed by atoms with Gasteiger partial charge in [-0.05, 0) is 31.4 Å². The standard InChI is InChI=1S/C14H16N4OS/c1-2-7-12-11(6-1)15-13-16-17-14(18(12)13)20-9-10-5-3-4-8-19-10/h1-2,6-7,10H,3-5,8-9H2,(H,15,16)/t10-/m1/s1. The minimum atomic E-state index is 0.357. The number of thioether (sulfide) groups is 1. The third-order valence-electron chi connectivity index (χ3n) is 3.68. The molecule has 3 aromatic rings. The molecular weight excluding hydrogens is 272 g/mol. The van der Waals surface area contributed by atoms with E-state index in [1.54, 1.807) is 11.8 Å². The predicted octanol–water partition coefficient (Wildman–Crippen LogP) is 2.87. The smallest absolute Gasteiger partial charge is 0.231 e. The topological polar surface area (TPSA) is 55.2 Å². The molecule has 1 N–H and O–H groups in total. The molecule has 0 amide bonds. The summed E-state index contributed by atoms with van der Waals surface area (Å²) in [6.45, 7) is 0.898. The maximum Gasteiger partial charge on any atom is 0.231 e. The average Bonchev–Trinajstić information content (AvgIpc) is 3.05. The van der Waals surface area contributed by atoms with Crippen LogP contribution in [-0.4, -0.2) is 38.0 Å². The number of aromatic nitrogens is 4. The van der Waals surface area contributed by atoms with Gasteiger partial charge in [0.05, 0.1) is 17.1 Å². The Bertz CT molecular complexity index is 729. The third-order valence-corrected chi connectivity index (χ3v) is 4.75. The number of H-pyrrole nitrogens is 1. The van der Waals surface area contributed by atoms with Crippen LogP contribution >= 0.6 is 11.8 Å². The lowest BCUT2D eigenvalue weighted by Gasteiger charge is -2.21. The first kappa shape index (κ1) is 12.2.